The molecule has 0 spiro atoms. The van der Waals surface area contributed by atoms with Gasteiger partial charge in [0.1, 0.15) is 11.6 Å². The summed E-state index contributed by atoms with van der Waals surface area (Å²) < 4.78 is 12.9. The fourth-order valence-corrected chi connectivity index (χ4v) is 1.30. The topological polar surface area (TPSA) is 24.9 Å². The summed E-state index contributed by atoms with van der Waals surface area (Å²) >= 11 is 5.76. The Morgan fingerprint density at radius 2 is 2.20 bits per heavy atom. The third-order valence-corrected chi connectivity index (χ3v) is 1.98. The highest BCUT2D eigenvalue weighted by Gasteiger charge is 1.98. The van der Waals surface area contributed by atoms with E-state index in [1.807, 2.05) is 0 Å². The normalized spacial score (nSPS) is 10.0. The molecule has 0 fully saturated rings. The van der Waals surface area contributed by atoms with Crippen molar-refractivity contribution in [3.8, 4) is 0 Å². The average Bonchev–Trinajstić information content (AvgIpc) is 2.17. The molecule has 0 amide bonds. The zero-order valence-electron chi connectivity index (χ0n) is 7.67. The Morgan fingerprint density at radius 3 is 2.93 bits per heavy atom. The minimum Gasteiger partial charge on any atom is -0.340 e. The van der Waals surface area contributed by atoms with Crippen LogP contribution < -0.4 is 5.32 Å². The molecule has 2 rings (SSSR count). The van der Waals surface area contributed by atoms with Crippen molar-refractivity contribution in [1.29, 1.82) is 0 Å². The molecule has 2 nitrogen and oxygen atoms in total. The van der Waals surface area contributed by atoms with Crippen molar-refractivity contribution in [1.82, 2.24) is 4.98 Å². The van der Waals surface area contributed by atoms with Gasteiger partial charge in [-0.25, -0.2) is 9.37 Å². The van der Waals surface area contributed by atoms with Crippen LogP contribution in [-0.4, -0.2) is 4.98 Å². The number of halogens is 2. The molecule has 1 heterocycles. The second kappa shape index (κ2) is 4.28. The summed E-state index contributed by atoms with van der Waals surface area (Å²) in [5.41, 5.74) is 0.623. The van der Waals surface area contributed by atoms with Crippen molar-refractivity contribution in [2.24, 2.45) is 0 Å². The summed E-state index contributed by atoms with van der Waals surface area (Å²) in [6.45, 7) is 0. The van der Waals surface area contributed by atoms with E-state index in [1.54, 1.807) is 24.3 Å². The maximum absolute atomic E-state index is 12.9. The first-order valence-electron chi connectivity index (χ1n) is 4.30. The number of benzene rings is 1. The summed E-state index contributed by atoms with van der Waals surface area (Å²) in [7, 11) is 0. The lowest BCUT2D eigenvalue weighted by atomic mass is 10.3. The molecule has 1 N–H and O–H groups in total. The molecule has 75 valence electrons. The van der Waals surface area contributed by atoms with Gasteiger partial charge >= 0.3 is 0 Å². The van der Waals surface area contributed by atoms with Crippen molar-refractivity contribution >= 4 is 23.1 Å². The monoisotopic (exact) mass is 221 g/mol. The third-order valence-electron chi connectivity index (χ3n) is 1.76. The largest absolute Gasteiger partial charge is 0.340 e. The second-order valence-corrected chi connectivity index (χ2v) is 3.37. The molecule has 1 aromatic carbocycles. The number of nitrogens with zero attached hydrogens (tertiary/aromatic N) is 1. The van der Waals surface area contributed by atoms with E-state index in [2.05, 4.69) is 16.5 Å². The van der Waals surface area contributed by atoms with Gasteiger partial charge in [-0.2, -0.15) is 0 Å². The number of hydrogen-bond donors (Lipinski definition) is 1. The number of hydrogen-bond acceptors (Lipinski definition) is 2. The van der Waals surface area contributed by atoms with Gasteiger partial charge in [0, 0.05) is 10.7 Å². The van der Waals surface area contributed by atoms with Crippen LogP contribution in [0.1, 0.15) is 0 Å². The molecule has 4 heteroatoms. The molecule has 1 aromatic heterocycles. The Balaban J connectivity index is 2.22. The van der Waals surface area contributed by atoms with Gasteiger partial charge in [-0.05, 0) is 30.3 Å². The van der Waals surface area contributed by atoms with Crippen LogP contribution in [0.3, 0.4) is 0 Å². The molecule has 0 bridgehead atoms. The SMILES string of the molecule is Fc1cccc(Nc2cc(Cl)c[c]n2)c1. The summed E-state index contributed by atoms with van der Waals surface area (Å²) in [6, 6.07) is 9.31. The van der Waals surface area contributed by atoms with Crippen LogP contribution in [0.2, 0.25) is 5.02 Å². The number of aromatic nitrogens is 1. The van der Waals surface area contributed by atoms with E-state index < -0.39 is 0 Å². The first kappa shape index (κ1) is 9.93. The van der Waals surface area contributed by atoms with Crippen molar-refractivity contribution in [2.75, 3.05) is 5.32 Å². The minimum absolute atomic E-state index is 0.300. The number of rotatable bonds is 2. The highest BCUT2D eigenvalue weighted by molar-refractivity contribution is 6.30. The molecule has 15 heavy (non-hydrogen) atoms. The lowest BCUT2D eigenvalue weighted by molar-refractivity contribution is 0.628. The van der Waals surface area contributed by atoms with Gasteiger partial charge in [0.2, 0.25) is 0 Å². The lowest BCUT2D eigenvalue weighted by Crippen LogP contribution is -1.93. The van der Waals surface area contributed by atoms with Crippen LogP contribution >= 0.6 is 11.6 Å². The van der Waals surface area contributed by atoms with E-state index in [0.717, 1.165) is 0 Å². The summed E-state index contributed by atoms with van der Waals surface area (Å²) in [5, 5.41) is 3.45. The first-order valence-corrected chi connectivity index (χ1v) is 4.68. The maximum atomic E-state index is 12.9. The molecule has 0 atom stereocenters. The van der Waals surface area contributed by atoms with Crippen LogP contribution in [0.25, 0.3) is 0 Å². The fourth-order valence-electron chi connectivity index (χ4n) is 1.15. The van der Waals surface area contributed by atoms with Gasteiger partial charge in [-0.15, -0.1) is 0 Å². The molecular formula is C11H7ClFN2. The van der Waals surface area contributed by atoms with Crippen LogP contribution in [0.15, 0.2) is 36.4 Å². The fraction of sp³-hybridized carbons (Fsp3) is 0. The lowest BCUT2D eigenvalue weighted by Gasteiger charge is -2.04. The highest BCUT2D eigenvalue weighted by atomic mass is 35.5. The predicted octanol–water partition coefficient (Wildman–Crippen LogP) is 3.42. The smallest absolute Gasteiger partial charge is 0.132 e. The van der Waals surface area contributed by atoms with Gasteiger partial charge in [0.05, 0.1) is 6.20 Å². The van der Waals surface area contributed by atoms with Gasteiger partial charge in [-0.3, -0.25) is 0 Å². The Bertz CT molecular complexity index is 430. The Kier molecular flexibility index (Phi) is 2.83. The zero-order valence-corrected chi connectivity index (χ0v) is 8.42. The van der Waals surface area contributed by atoms with E-state index in [4.69, 9.17) is 11.6 Å². The second-order valence-electron chi connectivity index (χ2n) is 2.94. The van der Waals surface area contributed by atoms with Crippen LogP contribution in [-0.2, 0) is 0 Å². The highest BCUT2D eigenvalue weighted by Crippen LogP contribution is 2.17. The van der Waals surface area contributed by atoms with Gasteiger partial charge in [0.25, 0.3) is 0 Å². The van der Waals surface area contributed by atoms with E-state index in [0.29, 0.717) is 16.5 Å². The average molecular weight is 222 g/mol. The standard InChI is InChI=1S/C11H7ClFN2/c12-8-4-5-14-11(6-8)15-10-3-1-2-9(13)7-10/h1-4,6-7H,(H,14,15). The van der Waals surface area contributed by atoms with E-state index in [9.17, 15) is 4.39 Å². The molecule has 2 aromatic rings. The van der Waals surface area contributed by atoms with Gasteiger partial charge in [-0.1, -0.05) is 17.7 Å². The molecule has 0 aliphatic carbocycles. The van der Waals surface area contributed by atoms with Crippen LogP contribution in [0.5, 0.6) is 0 Å². The Hall–Kier alpha value is -1.61. The van der Waals surface area contributed by atoms with Crippen molar-refractivity contribution in [2.45, 2.75) is 0 Å². The van der Waals surface area contributed by atoms with Gasteiger partial charge < -0.3 is 5.32 Å². The van der Waals surface area contributed by atoms with Crippen molar-refractivity contribution in [3.05, 3.63) is 53.4 Å². The Labute approximate surface area is 91.7 Å². The quantitative estimate of drug-likeness (QED) is 0.841. The Morgan fingerprint density at radius 1 is 1.33 bits per heavy atom. The molecule has 0 saturated carbocycles. The molecule has 1 radical (unpaired) electrons. The van der Waals surface area contributed by atoms with E-state index in [1.165, 1.54) is 12.1 Å². The van der Waals surface area contributed by atoms with E-state index in [-0.39, 0.29) is 5.82 Å². The number of anilines is 2. The first-order chi connectivity index (χ1) is 7.24. The molecule has 0 unspecified atom stereocenters. The zero-order chi connectivity index (χ0) is 10.7. The predicted molar refractivity (Wildman–Crippen MR) is 57.8 cm³/mol. The molecule has 0 saturated heterocycles. The van der Waals surface area contributed by atoms with Crippen LogP contribution in [0.4, 0.5) is 15.9 Å². The maximum Gasteiger partial charge on any atom is 0.132 e. The molecule has 0 aliphatic heterocycles. The summed E-state index contributed by atoms with van der Waals surface area (Å²) in [6.07, 6.45) is 2.63. The van der Waals surface area contributed by atoms with Crippen LogP contribution in [0, 0.1) is 12.0 Å². The number of pyridine rings is 1. The van der Waals surface area contributed by atoms with Crippen molar-refractivity contribution in [3.63, 3.8) is 0 Å². The summed E-state index contributed by atoms with van der Waals surface area (Å²) in [4.78, 5) is 3.92. The minimum atomic E-state index is -0.300. The van der Waals surface area contributed by atoms with Crippen molar-refractivity contribution < 1.29 is 4.39 Å². The third kappa shape index (κ3) is 2.67. The summed E-state index contributed by atoms with van der Waals surface area (Å²) in [5.74, 6) is 0.235. The van der Waals surface area contributed by atoms with E-state index >= 15 is 0 Å². The van der Waals surface area contributed by atoms with Gasteiger partial charge in [0.15, 0.2) is 0 Å². The number of nitrogens with one attached hydrogen (secondary N) is 1. The molecular weight excluding hydrogens is 215 g/mol. The molecule has 0 aliphatic rings.